The highest BCUT2D eigenvalue weighted by molar-refractivity contribution is 5.80. The number of hydrogen-bond donors (Lipinski definition) is 2. The van der Waals surface area contributed by atoms with Crippen LogP contribution in [-0.4, -0.2) is 47.3 Å². The highest BCUT2D eigenvalue weighted by Crippen LogP contribution is 2.48. The van der Waals surface area contributed by atoms with Crippen LogP contribution in [0.5, 0.6) is 0 Å². The van der Waals surface area contributed by atoms with Gasteiger partial charge in [0.25, 0.3) is 0 Å². The van der Waals surface area contributed by atoms with Crippen LogP contribution in [0.4, 0.5) is 9.18 Å². The molecule has 0 unspecified atom stereocenters. The number of urea groups is 1. The maximum absolute atomic E-state index is 13.5. The molecule has 0 spiro atoms. The molecule has 3 fully saturated rings. The fourth-order valence-corrected chi connectivity index (χ4v) is 4.12. The van der Waals surface area contributed by atoms with E-state index in [4.69, 9.17) is 0 Å². The molecule has 0 radical (unpaired) electrons. The maximum Gasteiger partial charge on any atom is 0.317 e. The van der Waals surface area contributed by atoms with Gasteiger partial charge < -0.3 is 15.3 Å². The van der Waals surface area contributed by atoms with Gasteiger partial charge in [-0.1, -0.05) is 6.42 Å². The third-order valence-electron chi connectivity index (χ3n) is 5.32. The number of aliphatic carboxylic acids is 1. The Labute approximate surface area is 117 Å². The monoisotopic (exact) mass is 284 g/mol. The number of amides is 2. The van der Waals surface area contributed by atoms with Crippen LogP contribution in [0.3, 0.4) is 0 Å². The summed E-state index contributed by atoms with van der Waals surface area (Å²) < 4.78 is 13.5. The van der Waals surface area contributed by atoms with Crippen LogP contribution in [0, 0.1) is 11.3 Å². The molecular formula is C14H21FN2O3. The first-order valence-electron chi connectivity index (χ1n) is 7.46. The molecule has 0 aromatic heterocycles. The van der Waals surface area contributed by atoms with Crippen molar-refractivity contribution in [2.24, 2.45) is 11.3 Å². The fourth-order valence-electron chi connectivity index (χ4n) is 4.12. The molecule has 6 heteroatoms. The van der Waals surface area contributed by atoms with E-state index >= 15 is 0 Å². The summed E-state index contributed by atoms with van der Waals surface area (Å²) in [6.45, 7) is 0.754. The summed E-state index contributed by atoms with van der Waals surface area (Å²) in [5.74, 6) is -0.741. The Hall–Kier alpha value is -1.33. The quantitative estimate of drug-likeness (QED) is 0.812. The summed E-state index contributed by atoms with van der Waals surface area (Å²) in [6, 6.07) is -0.696. The summed E-state index contributed by atoms with van der Waals surface area (Å²) in [5, 5.41) is 12.2. The van der Waals surface area contributed by atoms with Crippen molar-refractivity contribution in [3.05, 3.63) is 0 Å². The Balaban J connectivity index is 1.64. The van der Waals surface area contributed by atoms with Crippen LogP contribution in [0.2, 0.25) is 0 Å². The molecule has 0 aromatic carbocycles. The van der Waals surface area contributed by atoms with E-state index in [1.807, 2.05) is 0 Å². The van der Waals surface area contributed by atoms with Gasteiger partial charge in [0.2, 0.25) is 0 Å². The number of hydrogen-bond acceptors (Lipinski definition) is 2. The molecule has 0 aromatic rings. The average molecular weight is 284 g/mol. The summed E-state index contributed by atoms with van der Waals surface area (Å²) in [4.78, 5) is 25.3. The smallest absolute Gasteiger partial charge is 0.317 e. The first-order chi connectivity index (χ1) is 9.53. The van der Waals surface area contributed by atoms with Gasteiger partial charge in [-0.2, -0.15) is 0 Å². The molecule has 0 bridgehead atoms. The van der Waals surface area contributed by atoms with E-state index in [-0.39, 0.29) is 18.5 Å². The van der Waals surface area contributed by atoms with E-state index < -0.39 is 23.6 Å². The van der Waals surface area contributed by atoms with Gasteiger partial charge in [0.05, 0.1) is 11.5 Å². The van der Waals surface area contributed by atoms with Crippen molar-refractivity contribution in [2.75, 3.05) is 13.1 Å². The van der Waals surface area contributed by atoms with Gasteiger partial charge in [0, 0.05) is 13.1 Å². The predicted octanol–water partition coefficient (Wildman–Crippen LogP) is 1.77. The Morgan fingerprint density at radius 1 is 1.25 bits per heavy atom. The zero-order chi connectivity index (χ0) is 14.3. The molecular weight excluding hydrogens is 263 g/mol. The molecule has 1 aliphatic heterocycles. The van der Waals surface area contributed by atoms with E-state index in [0.29, 0.717) is 25.8 Å². The number of likely N-dealkylation sites (tertiary alicyclic amines) is 1. The predicted molar refractivity (Wildman–Crippen MR) is 70.0 cm³/mol. The number of nitrogens with one attached hydrogen (secondary N) is 1. The molecule has 1 saturated heterocycles. The summed E-state index contributed by atoms with van der Waals surface area (Å²) in [7, 11) is 0. The molecule has 20 heavy (non-hydrogen) atoms. The van der Waals surface area contributed by atoms with Gasteiger partial charge in [-0.05, 0) is 38.0 Å². The van der Waals surface area contributed by atoms with E-state index in [1.165, 1.54) is 0 Å². The first-order valence-corrected chi connectivity index (χ1v) is 7.46. The van der Waals surface area contributed by atoms with E-state index in [2.05, 4.69) is 5.32 Å². The van der Waals surface area contributed by atoms with Crippen molar-refractivity contribution in [1.82, 2.24) is 10.2 Å². The average Bonchev–Trinajstić information content (AvgIpc) is 3.03. The molecule has 2 N–H and O–H groups in total. The largest absolute Gasteiger partial charge is 0.481 e. The van der Waals surface area contributed by atoms with Crippen molar-refractivity contribution in [2.45, 2.75) is 50.7 Å². The molecule has 2 amide bonds. The Morgan fingerprint density at radius 3 is 2.65 bits per heavy atom. The fraction of sp³-hybridized carbons (Fsp3) is 0.857. The second kappa shape index (κ2) is 4.90. The van der Waals surface area contributed by atoms with Gasteiger partial charge >= 0.3 is 12.0 Å². The molecule has 5 nitrogen and oxygen atoms in total. The number of rotatable bonds is 2. The van der Waals surface area contributed by atoms with Crippen LogP contribution in [0.25, 0.3) is 0 Å². The maximum atomic E-state index is 13.5. The number of fused-ring (bicyclic) bond motifs is 1. The lowest BCUT2D eigenvalue weighted by Crippen LogP contribution is -2.47. The second-order valence-electron chi connectivity index (χ2n) is 6.43. The van der Waals surface area contributed by atoms with Gasteiger partial charge in [-0.15, -0.1) is 0 Å². The number of halogens is 1. The standard InChI is InChI=1S/C14H21FN2O3/c15-10-4-1-5-11(10)16-13(20)17-7-9-3-2-6-14(9,8-17)12(18)19/h9-11H,1-8H2,(H,16,20)(H,18,19)/t9-,10-,11+,14+/m0/s1. The highest BCUT2D eigenvalue weighted by atomic mass is 19.1. The van der Waals surface area contributed by atoms with Crippen molar-refractivity contribution in [1.29, 1.82) is 0 Å². The number of carbonyl (C=O) groups is 2. The SMILES string of the molecule is O=C(N[C@@H]1CCC[C@@H]1F)N1C[C@@H]2CCC[C@@]2(C(=O)O)C1. The van der Waals surface area contributed by atoms with E-state index in [1.54, 1.807) is 4.90 Å². The van der Waals surface area contributed by atoms with Gasteiger partial charge in [-0.3, -0.25) is 4.79 Å². The minimum absolute atomic E-state index is 0.0514. The molecule has 2 saturated carbocycles. The summed E-state index contributed by atoms with van der Waals surface area (Å²) >= 11 is 0. The third kappa shape index (κ3) is 2.05. The van der Waals surface area contributed by atoms with Crippen molar-refractivity contribution in [3.63, 3.8) is 0 Å². The third-order valence-corrected chi connectivity index (χ3v) is 5.32. The van der Waals surface area contributed by atoms with E-state index in [0.717, 1.165) is 19.3 Å². The molecule has 3 aliphatic rings. The Bertz CT molecular complexity index is 431. The Kier molecular flexibility index (Phi) is 3.34. The lowest BCUT2D eigenvalue weighted by molar-refractivity contribution is -0.149. The summed E-state index contributed by atoms with van der Waals surface area (Å²) in [6.07, 6.45) is 3.45. The topological polar surface area (TPSA) is 69.6 Å². The zero-order valence-corrected chi connectivity index (χ0v) is 11.5. The van der Waals surface area contributed by atoms with Crippen molar-refractivity contribution in [3.8, 4) is 0 Å². The number of carboxylic acid groups (broad SMARTS) is 1. The van der Waals surface area contributed by atoms with Crippen LogP contribution in [0.15, 0.2) is 0 Å². The highest BCUT2D eigenvalue weighted by Gasteiger charge is 2.56. The minimum Gasteiger partial charge on any atom is -0.481 e. The number of nitrogens with zero attached hydrogens (tertiary/aromatic N) is 1. The van der Waals surface area contributed by atoms with Gasteiger partial charge in [0.1, 0.15) is 6.17 Å². The molecule has 112 valence electrons. The van der Waals surface area contributed by atoms with Crippen molar-refractivity contribution < 1.29 is 19.1 Å². The number of alkyl halides is 1. The number of carbonyl (C=O) groups excluding carboxylic acids is 1. The van der Waals surface area contributed by atoms with Crippen LogP contribution in [-0.2, 0) is 4.79 Å². The number of carboxylic acids is 1. The first kappa shape index (κ1) is 13.6. The van der Waals surface area contributed by atoms with Gasteiger partial charge in [-0.25, -0.2) is 9.18 Å². The lowest BCUT2D eigenvalue weighted by atomic mass is 9.81. The molecule has 3 rings (SSSR count). The second-order valence-corrected chi connectivity index (χ2v) is 6.43. The Morgan fingerprint density at radius 2 is 2.05 bits per heavy atom. The van der Waals surface area contributed by atoms with Gasteiger partial charge in [0.15, 0.2) is 0 Å². The van der Waals surface area contributed by atoms with Crippen LogP contribution in [0.1, 0.15) is 38.5 Å². The van der Waals surface area contributed by atoms with Crippen LogP contribution < -0.4 is 5.32 Å². The lowest BCUT2D eigenvalue weighted by Gasteiger charge is -2.24. The van der Waals surface area contributed by atoms with Crippen LogP contribution >= 0.6 is 0 Å². The summed E-state index contributed by atoms with van der Waals surface area (Å²) in [5.41, 5.74) is -0.762. The van der Waals surface area contributed by atoms with E-state index in [9.17, 15) is 19.1 Å². The molecule has 4 atom stereocenters. The normalized spacial score (nSPS) is 39.9. The molecule has 1 heterocycles. The molecule has 2 aliphatic carbocycles. The van der Waals surface area contributed by atoms with Crippen molar-refractivity contribution >= 4 is 12.0 Å². The minimum atomic E-state index is -0.963. The zero-order valence-electron chi connectivity index (χ0n) is 11.5.